The van der Waals surface area contributed by atoms with E-state index >= 15 is 0 Å². The number of hydrogen-bond donors (Lipinski definition) is 1. The number of likely N-dealkylation sites (N-methyl/N-ethyl adjacent to an activating group) is 1. The Kier molecular flexibility index (Phi) is 7.11. The molecule has 1 atom stereocenters. The van der Waals surface area contributed by atoms with E-state index in [1.807, 2.05) is 24.3 Å². The molecule has 8 heteroatoms. The average Bonchev–Trinajstić information content (AvgIpc) is 2.47. The Morgan fingerprint density at radius 2 is 1.91 bits per heavy atom. The number of Topliss-reactive ketones (excluding diaryl/α,β-unsaturated/α-hetero) is 1. The summed E-state index contributed by atoms with van der Waals surface area (Å²) in [6.45, 7) is 4.26. The first-order valence-electron chi connectivity index (χ1n) is 6.67. The number of ketones is 1. The second-order valence-corrected chi connectivity index (χ2v) is 6.08. The summed E-state index contributed by atoms with van der Waals surface area (Å²) in [6, 6.07) is 7.71. The Hall–Kier alpha value is -1.32. The third-order valence-corrected chi connectivity index (χ3v) is 3.59. The summed E-state index contributed by atoms with van der Waals surface area (Å²) >= 11 is 0. The van der Waals surface area contributed by atoms with Gasteiger partial charge in [-0.2, -0.15) is 8.42 Å². The van der Waals surface area contributed by atoms with E-state index in [9.17, 15) is 13.2 Å². The Labute approximate surface area is 130 Å². The number of carbonyl (C=O) groups excluding carboxylic acids is 1. The topological polar surface area (TPSA) is 93.1 Å². The van der Waals surface area contributed by atoms with Crippen molar-refractivity contribution in [1.29, 1.82) is 0 Å². The second-order valence-electron chi connectivity index (χ2n) is 4.89. The minimum absolute atomic E-state index is 0.105. The highest BCUT2D eigenvalue weighted by Crippen LogP contribution is 2.21. The Morgan fingerprint density at radius 1 is 1.36 bits per heavy atom. The Morgan fingerprint density at radius 3 is 2.32 bits per heavy atom. The van der Waals surface area contributed by atoms with E-state index in [1.54, 1.807) is 6.92 Å². The standard InChI is InChI=1S/C13H17NO2.CH4O4S/c1-10(15)11-3-5-12(6-4-11)13-9-14(2)7-8-16-13;1-5-6(2,3)4/h3-6,13H,7-9H2,1-2H3;1H3,(H,2,3,4). The van der Waals surface area contributed by atoms with Crippen LogP contribution in [0.1, 0.15) is 28.9 Å². The third kappa shape index (κ3) is 6.63. The highest BCUT2D eigenvalue weighted by molar-refractivity contribution is 7.80. The first kappa shape index (κ1) is 18.7. The molecule has 7 nitrogen and oxygen atoms in total. The number of benzene rings is 1. The van der Waals surface area contributed by atoms with Gasteiger partial charge in [0.2, 0.25) is 0 Å². The molecule has 0 radical (unpaired) electrons. The molecule has 1 aromatic carbocycles. The normalized spacial score (nSPS) is 19.2. The van der Waals surface area contributed by atoms with Crippen LogP contribution < -0.4 is 0 Å². The first-order chi connectivity index (χ1) is 10.2. The number of carbonyl (C=O) groups is 1. The van der Waals surface area contributed by atoms with Gasteiger partial charge in [0.1, 0.15) is 0 Å². The predicted molar refractivity (Wildman–Crippen MR) is 81.2 cm³/mol. The fraction of sp³-hybridized carbons (Fsp3) is 0.500. The van der Waals surface area contributed by atoms with Crippen molar-refractivity contribution in [2.45, 2.75) is 13.0 Å². The van der Waals surface area contributed by atoms with Gasteiger partial charge >= 0.3 is 10.4 Å². The van der Waals surface area contributed by atoms with Gasteiger partial charge in [-0.1, -0.05) is 24.3 Å². The summed E-state index contributed by atoms with van der Waals surface area (Å²) in [5.74, 6) is 0.105. The van der Waals surface area contributed by atoms with Gasteiger partial charge in [-0.05, 0) is 19.5 Å². The molecule has 0 aromatic heterocycles. The Balaban J connectivity index is 0.000000346. The van der Waals surface area contributed by atoms with Crippen LogP contribution in [-0.4, -0.2) is 57.5 Å². The summed E-state index contributed by atoms with van der Waals surface area (Å²) in [5, 5.41) is 0. The fourth-order valence-corrected chi connectivity index (χ4v) is 1.91. The van der Waals surface area contributed by atoms with Gasteiger partial charge in [0, 0.05) is 18.7 Å². The van der Waals surface area contributed by atoms with E-state index in [-0.39, 0.29) is 11.9 Å². The molecular weight excluding hydrogens is 310 g/mol. The number of nitrogens with zero attached hydrogens (tertiary/aromatic N) is 1. The average molecular weight is 331 g/mol. The molecule has 1 aliphatic rings. The van der Waals surface area contributed by atoms with Crippen LogP contribution in [0.3, 0.4) is 0 Å². The molecule has 1 saturated heterocycles. The predicted octanol–water partition coefficient (Wildman–Crippen LogP) is 1.33. The molecule has 1 N–H and O–H groups in total. The maximum atomic E-state index is 11.1. The molecule has 2 rings (SSSR count). The van der Waals surface area contributed by atoms with E-state index in [0.29, 0.717) is 0 Å². The lowest BCUT2D eigenvalue weighted by Gasteiger charge is -2.30. The molecule has 1 heterocycles. The van der Waals surface area contributed by atoms with E-state index in [4.69, 9.17) is 9.29 Å². The zero-order chi connectivity index (χ0) is 16.8. The quantitative estimate of drug-likeness (QED) is 0.659. The first-order valence-corrected chi connectivity index (χ1v) is 8.03. The van der Waals surface area contributed by atoms with Crippen molar-refractivity contribution in [2.75, 3.05) is 33.9 Å². The van der Waals surface area contributed by atoms with Crippen molar-refractivity contribution in [1.82, 2.24) is 4.90 Å². The van der Waals surface area contributed by atoms with E-state index in [0.717, 1.165) is 37.9 Å². The molecule has 1 aliphatic heterocycles. The van der Waals surface area contributed by atoms with Gasteiger partial charge in [-0.25, -0.2) is 0 Å². The van der Waals surface area contributed by atoms with Crippen molar-refractivity contribution in [2.24, 2.45) is 0 Å². The fourth-order valence-electron chi connectivity index (χ4n) is 1.91. The van der Waals surface area contributed by atoms with Gasteiger partial charge in [-0.15, -0.1) is 0 Å². The summed E-state index contributed by atoms with van der Waals surface area (Å²) in [7, 11) is -1.19. The lowest BCUT2D eigenvalue weighted by Crippen LogP contribution is -2.35. The summed E-state index contributed by atoms with van der Waals surface area (Å²) in [4.78, 5) is 13.4. The zero-order valence-corrected chi connectivity index (χ0v) is 13.7. The maximum absolute atomic E-state index is 11.1. The summed E-state index contributed by atoms with van der Waals surface area (Å²) < 4.78 is 35.4. The van der Waals surface area contributed by atoms with Crippen molar-refractivity contribution < 1.29 is 26.7 Å². The molecule has 0 saturated carbocycles. The molecule has 1 aromatic rings. The molecule has 0 aliphatic carbocycles. The highest BCUT2D eigenvalue weighted by Gasteiger charge is 2.19. The largest absolute Gasteiger partial charge is 0.397 e. The van der Waals surface area contributed by atoms with Gasteiger partial charge in [0.05, 0.1) is 19.8 Å². The number of hydrogen-bond acceptors (Lipinski definition) is 6. The summed E-state index contributed by atoms with van der Waals surface area (Å²) in [6.07, 6.45) is 0.139. The summed E-state index contributed by atoms with van der Waals surface area (Å²) in [5.41, 5.74) is 1.91. The number of rotatable bonds is 3. The molecule has 1 fully saturated rings. The number of morpholine rings is 1. The van der Waals surface area contributed by atoms with Crippen molar-refractivity contribution in [3.63, 3.8) is 0 Å². The minimum atomic E-state index is -4.16. The van der Waals surface area contributed by atoms with E-state index < -0.39 is 10.4 Å². The smallest absolute Gasteiger partial charge is 0.371 e. The molecular formula is C14H21NO6S. The maximum Gasteiger partial charge on any atom is 0.397 e. The lowest BCUT2D eigenvalue weighted by molar-refractivity contribution is -0.0209. The SMILES string of the molecule is CC(=O)c1ccc(C2CN(C)CCO2)cc1.COS(=O)(=O)O. The van der Waals surface area contributed by atoms with Crippen LogP contribution in [-0.2, 0) is 19.3 Å². The van der Waals surface area contributed by atoms with Crippen LogP contribution in [0.5, 0.6) is 0 Å². The van der Waals surface area contributed by atoms with E-state index in [1.165, 1.54) is 0 Å². The zero-order valence-electron chi connectivity index (χ0n) is 12.9. The number of ether oxygens (including phenoxy) is 1. The molecule has 0 spiro atoms. The lowest BCUT2D eigenvalue weighted by atomic mass is 10.0. The van der Waals surface area contributed by atoms with Crippen molar-refractivity contribution in [3.8, 4) is 0 Å². The van der Waals surface area contributed by atoms with Crippen LogP contribution in [0.2, 0.25) is 0 Å². The molecule has 124 valence electrons. The Bertz CT molecular complexity index is 584. The van der Waals surface area contributed by atoms with Crippen LogP contribution in [0, 0.1) is 0 Å². The van der Waals surface area contributed by atoms with Crippen LogP contribution >= 0.6 is 0 Å². The third-order valence-electron chi connectivity index (χ3n) is 3.17. The van der Waals surface area contributed by atoms with E-state index in [2.05, 4.69) is 16.1 Å². The van der Waals surface area contributed by atoms with Gasteiger partial charge in [0.25, 0.3) is 0 Å². The molecule has 0 bridgehead atoms. The molecule has 22 heavy (non-hydrogen) atoms. The minimum Gasteiger partial charge on any atom is -0.371 e. The van der Waals surface area contributed by atoms with Crippen molar-refractivity contribution >= 4 is 16.2 Å². The van der Waals surface area contributed by atoms with Crippen LogP contribution in [0.4, 0.5) is 0 Å². The molecule has 0 amide bonds. The highest BCUT2D eigenvalue weighted by atomic mass is 32.3. The monoisotopic (exact) mass is 331 g/mol. The van der Waals surface area contributed by atoms with Gasteiger partial charge < -0.3 is 9.64 Å². The van der Waals surface area contributed by atoms with Crippen molar-refractivity contribution in [3.05, 3.63) is 35.4 Å². The van der Waals surface area contributed by atoms with Crippen LogP contribution in [0.25, 0.3) is 0 Å². The van der Waals surface area contributed by atoms with Crippen LogP contribution in [0.15, 0.2) is 24.3 Å². The van der Waals surface area contributed by atoms with Gasteiger partial charge in [0.15, 0.2) is 5.78 Å². The van der Waals surface area contributed by atoms with Gasteiger partial charge in [-0.3, -0.25) is 13.5 Å². The second kappa shape index (κ2) is 8.35. The molecule has 1 unspecified atom stereocenters.